The van der Waals surface area contributed by atoms with Crippen LogP contribution < -0.4 is 30.4 Å². The highest BCUT2D eigenvalue weighted by Gasteiger charge is 2.42. The number of nitrogens with two attached hydrogens (primary N) is 2. The Bertz CT molecular complexity index is 2560. The predicted molar refractivity (Wildman–Crippen MR) is 244 cm³/mol. The first-order chi connectivity index (χ1) is 32.6. The van der Waals surface area contributed by atoms with E-state index in [1.54, 1.807) is 0 Å². The highest BCUT2D eigenvalue weighted by atomic mass is 19.4. The van der Waals surface area contributed by atoms with Crippen molar-refractivity contribution in [2.75, 3.05) is 24.7 Å². The molecule has 364 valence electrons. The highest BCUT2D eigenvalue weighted by Crippen LogP contribution is 2.35. The lowest BCUT2D eigenvalue weighted by molar-refractivity contribution is -0.187. The van der Waals surface area contributed by atoms with Crippen LogP contribution in [0.4, 0.5) is 37.7 Å². The molecule has 0 aliphatic carbocycles. The molecule has 0 bridgehead atoms. The number of unbranched alkanes of at least 4 members (excludes halogenated alkanes) is 2. The molecule has 5 rings (SSSR count). The molecular formula is C51H48F6N2O10. The standard InChI is InChI=1S/C51H48F6N2O10/c52-49(53,54)25-1-3-27-66-41-16-20-43(21-17-41)68-47(62)35-11-5-33(6-12-35)9-15-40(60)32-45(37-29-38(58)31-39(59)30-37)51(64,65)46(61)24-10-34-7-13-36(14-8-34)48(63)69-44-22-18-42(19-23-44)67-28-4-2-26-50(55,56)57/h5-24,29-31,45,64-65H,1-4,25-28,32,58-59H2. The van der Waals surface area contributed by atoms with Crippen LogP contribution in [0.2, 0.25) is 0 Å². The number of nitrogen functional groups attached to an aromatic ring is 2. The first-order valence-electron chi connectivity index (χ1n) is 21.4. The summed E-state index contributed by atoms with van der Waals surface area (Å²) in [5.74, 6) is -6.77. The number of ether oxygens (including phenoxy) is 4. The van der Waals surface area contributed by atoms with Crippen molar-refractivity contribution in [2.24, 2.45) is 0 Å². The van der Waals surface area contributed by atoms with Crippen molar-refractivity contribution in [3.63, 3.8) is 0 Å². The number of anilines is 2. The Kier molecular flexibility index (Phi) is 18.3. The number of allylic oxidation sites excluding steroid dienone is 1. The summed E-state index contributed by atoms with van der Waals surface area (Å²) in [6.45, 7) is 0.179. The van der Waals surface area contributed by atoms with E-state index >= 15 is 0 Å². The zero-order valence-electron chi connectivity index (χ0n) is 36.8. The molecule has 0 radical (unpaired) electrons. The Labute approximate surface area is 392 Å². The molecular weight excluding hydrogens is 915 g/mol. The Morgan fingerprint density at radius 1 is 0.536 bits per heavy atom. The molecule has 0 aliphatic rings. The third-order valence-corrected chi connectivity index (χ3v) is 10.2. The van der Waals surface area contributed by atoms with Crippen LogP contribution in [-0.4, -0.2) is 65.1 Å². The Morgan fingerprint density at radius 2 is 0.928 bits per heavy atom. The molecule has 5 aromatic carbocycles. The second-order valence-electron chi connectivity index (χ2n) is 15.7. The van der Waals surface area contributed by atoms with Gasteiger partial charge in [0.05, 0.1) is 30.3 Å². The quantitative estimate of drug-likeness (QED) is 0.00921. The van der Waals surface area contributed by atoms with Crippen LogP contribution in [-0.2, 0) is 9.59 Å². The van der Waals surface area contributed by atoms with Crippen molar-refractivity contribution in [2.45, 2.75) is 69.0 Å². The number of ketones is 2. The number of halogens is 6. The zero-order valence-corrected chi connectivity index (χ0v) is 36.8. The highest BCUT2D eigenvalue weighted by molar-refractivity contribution is 6.01. The van der Waals surface area contributed by atoms with Crippen LogP contribution in [0, 0.1) is 0 Å². The maximum absolute atomic E-state index is 13.4. The Morgan fingerprint density at radius 3 is 1.33 bits per heavy atom. The number of aliphatic hydroxyl groups is 2. The molecule has 0 spiro atoms. The molecule has 18 heteroatoms. The fourth-order valence-corrected chi connectivity index (χ4v) is 6.56. The van der Waals surface area contributed by atoms with Crippen LogP contribution in [0.25, 0.3) is 12.2 Å². The molecule has 0 heterocycles. The van der Waals surface area contributed by atoms with Gasteiger partial charge in [0.25, 0.3) is 0 Å². The minimum atomic E-state index is -4.22. The summed E-state index contributed by atoms with van der Waals surface area (Å²) in [7, 11) is 0. The molecule has 69 heavy (non-hydrogen) atoms. The number of carbonyl (C=O) groups excluding carboxylic acids is 4. The van der Waals surface area contributed by atoms with E-state index in [2.05, 4.69) is 0 Å². The molecule has 0 saturated heterocycles. The Balaban J connectivity index is 1.15. The lowest BCUT2D eigenvalue weighted by atomic mass is 9.83. The van der Waals surface area contributed by atoms with Gasteiger partial charge in [0, 0.05) is 30.6 Å². The van der Waals surface area contributed by atoms with E-state index in [9.17, 15) is 55.7 Å². The summed E-state index contributed by atoms with van der Waals surface area (Å²) in [5.41, 5.74) is 13.5. The van der Waals surface area contributed by atoms with E-state index in [-0.39, 0.29) is 78.5 Å². The molecule has 0 aromatic heterocycles. The van der Waals surface area contributed by atoms with Gasteiger partial charge in [-0.05, 0) is 146 Å². The summed E-state index contributed by atoms with van der Waals surface area (Å²) in [6, 6.07) is 27.8. The van der Waals surface area contributed by atoms with E-state index in [1.807, 2.05) is 0 Å². The fourth-order valence-electron chi connectivity index (χ4n) is 6.56. The minimum Gasteiger partial charge on any atom is -0.494 e. The van der Waals surface area contributed by atoms with Gasteiger partial charge in [0.15, 0.2) is 5.78 Å². The average Bonchev–Trinajstić information content (AvgIpc) is 3.29. The molecule has 0 aliphatic heterocycles. The van der Waals surface area contributed by atoms with Crippen LogP contribution >= 0.6 is 0 Å². The number of hydrogen-bond acceptors (Lipinski definition) is 12. The van der Waals surface area contributed by atoms with Gasteiger partial charge in [0.2, 0.25) is 11.6 Å². The third-order valence-electron chi connectivity index (χ3n) is 10.2. The third kappa shape index (κ3) is 17.6. The Hall–Kier alpha value is -7.44. The second-order valence-corrected chi connectivity index (χ2v) is 15.7. The van der Waals surface area contributed by atoms with E-state index in [0.29, 0.717) is 22.6 Å². The molecule has 0 amide bonds. The summed E-state index contributed by atoms with van der Waals surface area (Å²) in [5, 5.41) is 22.7. The lowest BCUT2D eigenvalue weighted by Gasteiger charge is -2.29. The number of benzene rings is 5. The van der Waals surface area contributed by atoms with Gasteiger partial charge in [-0.1, -0.05) is 36.4 Å². The largest absolute Gasteiger partial charge is 0.494 e. The normalized spacial score (nSPS) is 12.5. The first kappa shape index (κ1) is 52.5. The number of esters is 2. The van der Waals surface area contributed by atoms with Crippen LogP contribution in [0.15, 0.2) is 127 Å². The second kappa shape index (κ2) is 24.0. The van der Waals surface area contributed by atoms with Gasteiger partial charge >= 0.3 is 24.3 Å². The molecule has 0 saturated carbocycles. The molecule has 5 aromatic rings. The van der Waals surface area contributed by atoms with Gasteiger partial charge in [-0.2, -0.15) is 26.3 Å². The molecule has 12 nitrogen and oxygen atoms in total. The predicted octanol–water partition coefficient (Wildman–Crippen LogP) is 10.2. The number of carbonyl (C=O) groups is 4. The molecule has 0 fully saturated rings. The van der Waals surface area contributed by atoms with Gasteiger partial charge < -0.3 is 40.6 Å². The lowest BCUT2D eigenvalue weighted by Crippen LogP contribution is -2.44. The van der Waals surface area contributed by atoms with E-state index < -0.39 is 66.8 Å². The molecule has 1 unspecified atom stereocenters. The SMILES string of the molecule is Nc1cc(N)cc(C(CC(=O)C=Cc2ccc(C(=O)Oc3ccc(OCCCCC(F)(F)F)cc3)cc2)C(O)(O)C(=O)C=Cc2ccc(C(=O)Oc3ccc(OCCCCC(F)(F)F)cc3)cc2)c1. The van der Waals surface area contributed by atoms with Crippen LogP contribution in [0.3, 0.4) is 0 Å². The van der Waals surface area contributed by atoms with Crippen LogP contribution in [0.1, 0.15) is 88.3 Å². The average molecular weight is 963 g/mol. The number of hydrogen-bond donors (Lipinski definition) is 4. The maximum atomic E-state index is 13.4. The van der Waals surface area contributed by atoms with Gasteiger partial charge in [-0.15, -0.1) is 0 Å². The zero-order chi connectivity index (χ0) is 50.2. The van der Waals surface area contributed by atoms with Crippen molar-refractivity contribution >= 4 is 47.0 Å². The van der Waals surface area contributed by atoms with E-state index in [0.717, 1.165) is 12.2 Å². The number of alkyl halides is 6. The maximum Gasteiger partial charge on any atom is 0.389 e. The van der Waals surface area contributed by atoms with E-state index in [4.69, 9.17) is 30.4 Å². The molecule has 1 atom stereocenters. The minimum absolute atomic E-state index is 0.0577. The van der Waals surface area contributed by atoms with Crippen molar-refractivity contribution in [1.29, 1.82) is 0 Å². The summed E-state index contributed by atoms with van der Waals surface area (Å²) >= 11 is 0. The topological polar surface area (TPSA) is 198 Å². The summed E-state index contributed by atoms with van der Waals surface area (Å²) < 4.78 is 95.5. The summed E-state index contributed by atoms with van der Waals surface area (Å²) in [4.78, 5) is 52.3. The van der Waals surface area contributed by atoms with Crippen molar-refractivity contribution in [1.82, 2.24) is 0 Å². The fraction of sp³-hybridized carbons (Fsp3) is 0.255. The van der Waals surface area contributed by atoms with Gasteiger partial charge in [-0.3, -0.25) is 9.59 Å². The monoisotopic (exact) mass is 962 g/mol. The van der Waals surface area contributed by atoms with Gasteiger partial charge in [-0.25, -0.2) is 9.59 Å². The van der Waals surface area contributed by atoms with Gasteiger partial charge in [0.1, 0.15) is 23.0 Å². The smallest absolute Gasteiger partial charge is 0.389 e. The summed E-state index contributed by atoms with van der Waals surface area (Å²) in [6.07, 6.45) is -5.73. The van der Waals surface area contributed by atoms with E-state index in [1.165, 1.54) is 127 Å². The van der Waals surface area contributed by atoms with Crippen molar-refractivity contribution < 1.29 is 74.7 Å². The first-order valence-corrected chi connectivity index (χ1v) is 21.4. The van der Waals surface area contributed by atoms with Crippen molar-refractivity contribution in [3.05, 3.63) is 155 Å². The molecule has 6 N–H and O–H groups in total. The van der Waals surface area contributed by atoms with Crippen LogP contribution in [0.5, 0.6) is 23.0 Å². The van der Waals surface area contributed by atoms with Crippen molar-refractivity contribution in [3.8, 4) is 23.0 Å². The number of rotatable bonds is 23.